The van der Waals surface area contributed by atoms with Crippen molar-refractivity contribution in [2.24, 2.45) is 5.14 Å². The van der Waals surface area contributed by atoms with Crippen LogP contribution in [0.3, 0.4) is 0 Å². The molecule has 1 aliphatic heterocycles. The van der Waals surface area contributed by atoms with Crippen molar-refractivity contribution in [3.63, 3.8) is 0 Å². The van der Waals surface area contributed by atoms with Gasteiger partial charge in [0.1, 0.15) is 6.07 Å². The first-order valence-corrected chi connectivity index (χ1v) is 10.3. The zero-order valence-corrected chi connectivity index (χ0v) is 16.4. The molecule has 158 valence electrons. The van der Waals surface area contributed by atoms with Gasteiger partial charge in [-0.25, -0.2) is 13.6 Å². The predicted molar refractivity (Wildman–Crippen MR) is 102 cm³/mol. The number of primary sulfonamides is 1. The van der Waals surface area contributed by atoms with E-state index < -0.39 is 27.7 Å². The second-order valence-corrected chi connectivity index (χ2v) is 8.26. The van der Waals surface area contributed by atoms with Gasteiger partial charge in [-0.2, -0.15) is 18.4 Å². The van der Waals surface area contributed by atoms with Crippen LogP contribution >= 0.6 is 0 Å². The van der Waals surface area contributed by atoms with Crippen molar-refractivity contribution < 1.29 is 26.4 Å². The van der Waals surface area contributed by atoms with Gasteiger partial charge in [-0.1, -0.05) is 6.07 Å². The maximum Gasteiger partial charge on any atom is 0.416 e. The van der Waals surface area contributed by atoms with Gasteiger partial charge < -0.3 is 9.80 Å². The molecule has 0 spiro atoms. The number of nitrogens with two attached hydrogens (primary N) is 1. The Balaban J connectivity index is 1.74. The molecule has 2 aromatic rings. The third-order valence-electron chi connectivity index (χ3n) is 4.76. The summed E-state index contributed by atoms with van der Waals surface area (Å²) in [6.07, 6.45) is -4.54. The first-order valence-electron chi connectivity index (χ1n) is 8.79. The first kappa shape index (κ1) is 21.6. The van der Waals surface area contributed by atoms with Gasteiger partial charge in [-0.3, -0.25) is 4.79 Å². The lowest BCUT2D eigenvalue weighted by Gasteiger charge is -2.36. The summed E-state index contributed by atoms with van der Waals surface area (Å²) < 4.78 is 61.6. The molecule has 1 heterocycles. The largest absolute Gasteiger partial charge is 0.416 e. The van der Waals surface area contributed by atoms with E-state index in [1.54, 1.807) is 4.90 Å². The molecule has 1 amide bonds. The van der Waals surface area contributed by atoms with Gasteiger partial charge in [0, 0.05) is 31.7 Å². The zero-order chi connectivity index (χ0) is 22.1. The van der Waals surface area contributed by atoms with E-state index in [9.17, 15) is 31.6 Å². The average Bonchev–Trinajstić information content (AvgIpc) is 2.71. The number of piperazine rings is 1. The first-order chi connectivity index (χ1) is 14.0. The number of benzene rings is 2. The van der Waals surface area contributed by atoms with E-state index in [1.165, 1.54) is 35.2 Å². The van der Waals surface area contributed by atoms with Crippen LogP contribution in [-0.2, 0) is 16.2 Å². The molecule has 0 atom stereocenters. The SMILES string of the molecule is N#Cc1cc(S(N)(=O)=O)ccc1N1CCN(C(=O)c2cccc(C(F)(F)F)c2)CC1. The maximum absolute atomic E-state index is 12.9. The fraction of sp³-hybridized carbons (Fsp3) is 0.263. The predicted octanol–water partition coefficient (Wildman–Crippen LogP) is 2.19. The Morgan fingerprint density at radius 3 is 2.30 bits per heavy atom. The fourth-order valence-corrected chi connectivity index (χ4v) is 3.76. The minimum atomic E-state index is -4.54. The molecule has 30 heavy (non-hydrogen) atoms. The number of anilines is 1. The molecule has 0 radical (unpaired) electrons. The Hall–Kier alpha value is -3.10. The minimum absolute atomic E-state index is 0.0477. The smallest absolute Gasteiger partial charge is 0.367 e. The second-order valence-electron chi connectivity index (χ2n) is 6.69. The van der Waals surface area contributed by atoms with E-state index in [1.807, 2.05) is 6.07 Å². The molecule has 1 fully saturated rings. The van der Waals surface area contributed by atoms with Crippen molar-refractivity contribution in [3.8, 4) is 6.07 Å². The molecule has 1 saturated heterocycles. The van der Waals surface area contributed by atoms with Crippen LogP contribution in [0.5, 0.6) is 0 Å². The highest BCUT2D eigenvalue weighted by Gasteiger charge is 2.32. The molecule has 2 N–H and O–H groups in total. The number of carbonyl (C=O) groups is 1. The van der Waals surface area contributed by atoms with Crippen molar-refractivity contribution in [1.82, 2.24) is 4.90 Å². The normalized spacial score (nSPS) is 15.0. The number of alkyl halides is 3. The molecule has 3 rings (SSSR count). The molecule has 0 aromatic heterocycles. The number of nitriles is 1. The van der Waals surface area contributed by atoms with Crippen molar-refractivity contribution in [2.45, 2.75) is 11.1 Å². The number of sulfonamides is 1. The van der Waals surface area contributed by atoms with Gasteiger partial charge in [0.2, 0.25) is 10.0 Å². The summed E-state index contributed by atoms with van der Waals surface area (Å²) >= 11 is 0. The number of halogens is 3. The number of carbonyl (C=O) groups excluding carboxylic acids is 1. The van der Waals surface area contributed by atoms with Crippen molar-refractivity contribution in [1.29, 1.82) is 5.26 Å². The van der Waals surface area contributed by atoms with Gasteiger partial charge in [0.15, 0.2) is 0 Å². The Labute approximate surface area is 171 Å². The maximum atomic E-state index is 12.9. The van der Waals surface area contributed by atoms with Crippen molar-refractivity contribution in [3.05, 3.63) is 59.2 Å². The zero-order valence-electron chi connectivity index (χ0n) is 15.6. The van der Waals surface area contributed by atoms with Crippen LogP contribution in [0, 0.1) is 11.3 Å². The highest BCUT2D eigenvalue weighted by atomic mass is 32.2. The van der Waals surface area contributed by atoms with E-state index >= 15 is 0 Å². The van der Waals surface area contributed by atoms with Crippen LogP contribution in [0.4, 0.5) is 18.9 Å². The van der Waals surface area contributed by atoms with Gasteiger partial charge in [0.25, 0.3) is 5.91 Å². The topological polar surface area (TPSA) is 107 Å². The monoisotopic (exact) mass is 438 g/mol. The highest BCUT2D eigenvalue weighted by molar-refractivity contribution is 7.89. The van der Waals surface area contributed by atoms with E-state index in [0.29, 0.717) is 18.8 Å². The lowest BCUT2D eigenvalue weighted by Crippen LogP contribution is -2.49. The summed E-state index contributed by atoms with van der Waals surface area (Å²) in [5, 5.41) is 14.4. The molecule has 0 bridgehead atoms. The molecule has 11 heteroatoms. The highest BCUT2D eigenvalue weighted by Crippen LogP contribution is 2.30. The number of hydrogen-bond acceptors (Lipinski definition) is 5. The molecular weight excluding hydrogens is 421 g/mol. The summed E-state index contributed by atoms with van der Waals surface area (Å²) in [4.78, 5) is 15.7. The van der Waals surface area contributed by atoms with Crippen LogP contribution in [0.2, 0.25) is 0 Å². The van der Waals surface area contributed by atoms with E-state index in [2.05, 4.69) is 0 Å². The van der Waals surface area contributed by atoms with E-state index in [0.717, 1.165) is 12.1 Å². The molecule has 7 nitrogen and oxygen atoms in total. The molecule has 2 aromatic carbocycles. The van der Waals surface area contributed by atoms with Crippen LogP contribution in [0.15, 0.2) is 47.4 Å². The third kappa shape index (κ3) is 4.55. The van der Waals surface area contributed by atoms with Gasteiger partial charge in [-0.05, 0) is 36.4 Å². The molecule has 0 aliphatic carbocycles. The number of nitrogens with zero attached hydrogens (tertiary/aromatic N) is 3. The average molecular weight is 438 g/mol. The molecule has 1 aliphatic rings. The lowest BCUT2D eigenvalue weighted by atomic mass is 10.1. The molecule has 0 saturated carbocycles. The second kappa shape index (κ2) is 7.97. The van der Waals surface area contributed by atoms with Gasteiger partial charge in [-0.15, -0.1) is 0 Å². The summed E-state index contributed by atoms with van der Waals surface area (Å²) in [5.74, 6) is -0.508. The van der Waals surface area contributed by atoms with Crippen LogP contribution in [0.1, 0.15) is 21.5 Å². The lowest BCUT2D eigenvalue weighted by molar-refractivity contribution is -0.137. The minimum Gasteiger partial charge on any atom is -0.367 e. The number of amides is 1. The van der Waals surface area contributed by atoms with Crippen LogP contribution < -0.4 is 10.0 Å². The Morgan fingerprint density at radius 1 is 1.07 bits per heavy atom. The molecular formula is C19H17F3N4O3S. The summed E-state index contributed by atoms with van der Waals surface area (Å²) in [6.45, 7) is 1.12. The summed E-state index contributed by atoms with van der Waals surface area (Å²) in [5.41, 5.74) is -0.315. The Morgan fingerprint density at radius 2 is 1.73 bits per heavy atom. The van der Waals surface area contributed by atoms with E-state index in [4.69, 9.17) is 5.14 Å². The Kier molecular flexibility index (Phi) is 5.74. The van der Waals surface area contributed by atoms with Crippen LogP contribution in [0.25, 0.3) is 0 Å². The van der Waals surface area contributed by atoms with E-state index in [-0.39, 0.29) is 29.1 Å². The fourth-order valence-electron chi connectivity index (χ4n) is 3.22. The summed E-state index contributed by atoms with van der Waals surface area (Å²) in [6, 6.07) is 10.2. The number of hydrogen-bond donors (Lipinski definition) is 1. The van der Waals surface area contributed by atoms with Gasteiger partial charge in [0.05, 0.1) is 21.7 Å². The molecule has 0 unspecified atom stereocenters. The summed E-state index contributed by atoms with van der Waals surface area (Å²) in [7, 11) is -3.95. The Bertz CT molecular complexity index is 1120. The van der Waals surface area contributed by atoms with Crippen molar-refractivity contribution in [2.75, 3.05) is 31.1 Å². The standard InChI is InChI=1S/C19H17F3N4O3S/c20-19(21,22)15-3-1-2-13(10-15)18(27)26-8-6-25(7-9-26)17-5-4-16(30(24,28)29)11-14(17)12-23/h1-5,10-11H,6-9H2,(H2,24,28,29). The quantitative estimate of drug-likeness (QED) is 0.791. The van der Waals surface area contributed by atoms with Gasteiger partial charge >= 0.3 is 6.18 Å². The van der Waals surface area contributed by atoms with Crippen molar-refractivity contribution >= 4 is 21.6 Å². The number of rotatable bonds is 3. The van der Waals surface area contributed by atoms with Crippen LogP contribution in [-0.4, -0.2) is 45.4 Å². The third-order valence-corrected chi connectivity index (χ3v) is 5.67.